The van der Waals surface area contributed by atoms with Crippen molar-refractivity contribution in [3.63, 3.8) is 0 Å². The Morgan fingerprint density at radius 2 is 1.52 bits per heavy atom. The molecule has 1 aliphatic rings. The van der Waals surface area contributed by atoms with E-state index in [9.17, 15) is 23.6 Å². The minimum atomic E-state index is -1.47. The average Bonchev–Trinajstić information content (AvgIpc) is 3.17. The average molecular weight is 593 g/mol. The zero-order valence-corrected chi connectivity index (χ0v) is 25.0. The third kappa shape index (κ3) is 8.05. The van der Waals surface area contributed by atoms with Crippen LogP contribution in [0.1, 0.15) is 70.0 Å². The molecule has 42 heavy (non-hydrogen) atoms. The Bertz CT molecular complexity index is 1320. The van der Waals surface area contributed by atoms with Crippen molar-refractivity contribution in [2.45, 2.75) is 98.6 Å². The monoisotopic (exact) mass is 592 g/mol. The molecule has 12 nitrogen and oxygen atoms in total. The summed E-state index contributed by atoms with van der Waals surface area (Å²) in [5, 5.41) is 4.59. The molecule has 2 heterocycles. The van der Waals surface area contributed by atoms with Crippen LogP contribution in [0.15, 0.2) is 18.2 Å². The van der Waals surface area contributed by atoms with Crippen LogP contribution >= 0.6 is 0 Å². The fourth-order valence-electron chi connectivity index (χ4n) is 4.71. The van der Waals surface area contributed by atoms with Gasteiger partial charge in [-0.2, -0.15) is 0 Å². The number of ether oxygens (including phenoxy) is 6. The van der Waals surface area contributed by atoms with Crippen LogP contribution in [0.3, 0.4) is 0 Å². The first-order chi connectivity index (χ1) is 19.7. The molecule has 0 bridgehead atoms. The van der Waals surface area contributed by atoms with E-state index in [1.54, 1.807) is 23.7 Å². The van der Waals surface area contributed by atoms with Crippen molar-refractivity contribution in [1.29, 1.82) is 0 Å². The van der Waals surface area contributed by atoms with Crippen LogP contribution in [0.2, 0.25) is 0 Å². The van der Waals surface area contributed by atoms with Gasteiger partial charge in [-0.3, -0.25) is 23.9 Å². The molecule has 0 spiro atoms. The first-order valence-electron chi connectivity index (χ1n) is 13.5. The molecule has 1 aromatic carbocycles. The number of aromatic nitrogens is 2. The molecule has 1 fully saturated rings. The lowest BCUT2D eigenvalue weighted by Crippen LogP contribution is -2.63. The van der Waals surface area contributed by atoms with E-state index in [1.807, 2.05) is 20.8 Å². The van der Waals surface area contributed by atoms with Gasteiger partial charge in [0.2, 0.25) is 18.3 Å². The summed E-state index contributed by atoms with van der Waals surface area (Å²) >= 11 is 0. The van der Waals surface area contributed by atoms with E-state index in [-0.39, 0.29) is 18.3 Å². The number of rotatable bonds is 10. The number of carbonyl (C=O) groups excluding carboxylic acids is 4. The lowest BCUT2D eigenvalue weighted by Gasteiger charge is -2.43. The van der Waals surface area contributed by atoms with Crippen molar-refractivity contribution in [1.82, 2.24) is 9.78 Å². The van der Waals surface area contributed by atoms with Crippen molar-refractivity contribution < 1.29 is 52.0 Å². The summed E-state index contributed by atoms with van der Waals surface area (Å²) in [6.45, 7) is 11.6. The quantitative estimate of drug-likeness (QED) is 0.296. The van der Waals surface area contributed by atoms with Gasteiger partial charge >= 0.3 is 23.9 Å². The second kappa shape index (κ2) is 13.8. The molecule has 0 amide bonds. The third-order valence-electron chi connectivity index (χ3n) is 6.48. The summed E-state index contributed by atoms with van der Waals surface area (Å²) in [6, 6.07) is 4.80. The lowest BCUT2D eigenvalue weighted by atomic mass is 9.98. The van der Waals surface area contributed by atoms with Crippen LogP contribution in [-0.2, 0) is 49.3 Å². The molecular weight excluding hydrogens is 555 g/mol. The zero-order chi connectivity index (χ0) is 31.3. The number of carbonyl (C=O) groups is 4. The highest BCUT2D eigenvalue weighted by Gasteiger charge is 2.53. The van der Waals surface area contributed by atoms with Gasteiger partial charge in [-0.15, -0.1) is 5.10 Å². The van der Waals surface area contributed by atoms with Crippen LogP contribution in [0.25, 0.3) is 0 Å². The maximum atomic E-state index is 14.9. The van der Waals surface area contributed by atoms with E-state index in [1.165, 1.54) is 13.0 Å². The van der Waals surface area contributed by atoms with Crippen molar-refractivity contribution in [3.8, 4) is 5.88 Å². The number of halogens is 1. The maximum absolute atomic E-state index is 14.9. The van der Waals surface area contributed by atoms with Crippen LogP contribution < -0.4 is 4.74 Å². The van der Waals surface area contributed by atoms with Crippen LogP contribution in [-0.4, -0.2) is 71.0 Å². The summed E-state index contributed by atoms with van der Waals surface area (Å²) in [6.07, 6.45) is -6.71. The predicted molar refractivity (Wildman–Crippen MR) is 144 cm³/mol. The largest absolute Gasteiger partial charge is 0.463 e. The van der Waals surface area contributed by atoms with E-state index in [4.69, 9.17) is 28.4 Å². The molecule has 1 aliphatic heterocycles. The van der Waals surface area contributed by atoms with Crippen LogP contribution in [0, 0.1) is 19.7 Å². The van der Waals surface area contributed by atoms with Gasteiger partial charge in [0.05, 0.1) is 0 Å². The molecule has 0 radical (unpaired) electrons. The van der Waals surface area contributed by atoms with E-state index in [0.29, 0.717) is 16.8 Å². The van der Waals surface area contributed by atoms with Gasteiger partial charge in [0, 0.05) is 51.4 Å². The number of hydrogen-bond acceptors (Lipinski definition) is 11. The molecule has 0 saturated carbocycles. The standard InChI is InChI=1S/C29H37FN2O10/c1-14(2)32-16(4)22(12-21-10-9-15(3)11-23(21)30)28(31-32)42-29-27(40-20(8)36)26(39-19(7)35)25(38-18(6)34)24(41-29)13-37-17(5)33/h9-11,14,24-27,29H,12-13H2,1-8H3/t24-,25-,26+,27-,29?/m1/s1. The van der Waals surface area contributed by atoms with Crippen molar-refractivity contribution in [2.24, 2.45) is 0 Å². The Hall–Kier alpha value is -4.00. The van der Waals surface area contributed by atoms with E-state index in [0.717, 1.165) is 26.3 Å². The molecular formula is C29H37FN2O10. The van der Waals surface area contributed by atoms with Gasteiger partial charge in [0.15, 0.2) is 12.2 Å². The zero-order valence-electron chi connectivity index (χ0n) is 25.0. The Balaban J connectivity index is 2.10. The van der Waals surface area contributed by atoms with Gasteiger partial charge < -0.3 is 28.4 Å². The highest BCUT2D eigenvalue weighted by molar-refractivity contribution is 5.68. The molecule has 13 heteroatoms. The van der Waals surface area contributed by atoms with Crippen molar-refractivity contribution in [2.75, 3.05) is 6.61 Å². The summed E-state index contributed by atoms with van der Waals surface area (Å²) in [7, 11) is 0. The molecule has 0 aliphatic carbocycles. The normalized spacial score (nSPS) is 21.9. The van der Waals surface area contributed by atoms with E-state index in [2.05, 4.69) is 5.10 Å². The number of aryl methyl sites for hydroxylation is 1. The Morgan fingerprint density at radius 3 is 2.07 bits per heavy atom. The maximum Gasteiger partial charge on any atom is 0.303 e. The molecule has 3 rings (SSSR count). The number of nitrogens with zero attached hydrogens (tertiary/aromatic N) is 2. The number of benzene rings is 1. The Labute approximate surface area is 243 Å². The summed E-state index contributed by atoms with van der Waals surface area (Å²) in [4.78, 5) is 47.9. The van der Waals surface area contributed by atoms with Crippen molar-refractivity contribution in [3.05, 3.63) is 46.4 Å². The molecule has 1 aromatic heterocycles. The molecule has 5 atom stereocenters. The highest BCUT2D eigenvalue weighted by atomic mass is 19.1. The topological polar surface area (TPSA) is 141 Å². The predicted octanol–water partition coefficient (Wildman–Crippen LogP) is 3.27. The fourth-order valence-corrected chi connectivity index (χ4v) is 4.71. The smallest absolute Gasteiger partial charge is 0.303 e. The number of hydrogen-bond donors (Lipinski definition) is 0. The van der Waals surface area contributed by atoms with Gasteiger partial charge in [-0.25, -0.2) is 4.39 Å². The third-order valence-corrected chi connectivity index (χ3v) is 6.48. The molecule has 1 saturated heterocycles. The highest BCUT2D eigenvalue weighted by Crippen LogP contribution is 2.34. The van der Waals surface area contributed by atoms with Crippen LogP contribution in [0.5, 0.6) is 5.88 Å². The summed E-state index contributed by atoms with van der Waals surface area (Å²) in [5.41, 5.74) is 2.41. The second-order valence-electron chi connectivity index (χ2n) is 10.4. The van der Waals surface area contributed by atoms with E-state index < -0.39 is 67.0 Å². The number of esters is 4. The molecule has 0 N–H and O–H groups in total. The summed E-state index contributed by atoms with van der Waals surface area (Å²) in [5.74, 6) is -3.26. The second-order valence-corrected chi connectivity index (χ2v) is 10.4. The fraction of sp³-hybridized carbons (Fsp3) is 0.552. The van der Waals surface area contributed by atoms with Gasteiger partial charge in [0.1, 0.15) is 18.5 Å². The summed E-state index contributed by atoms with van der Waals surface area (Å²) < 4.78 is 50.3. The van der Waals surface area contributed by atoms with E-state index >= 15 is 0 Å². The van der Waals surface area contributed by atoms with Crippen LogP contribution in [0.4, 0.5) is 4.39 Å². The minimum Gasteiger partial charge on any atom is -0.463 e. The molecule has 230 valence electrons. The van der Waals surface area contributed by atoms with Gasteiger partial charge in [-0.1, -0.05) is 12.1 Å². The molecule has 2 aromatic rings. The lowest BCUT2D eigenvalue weighted by molar-refractivity contribution is -0.289. The van der Waals surface area contributed by atoms with Gasteiger partial charge in [0.25, 0.3) is 0 Å². The first-order valence-corrected chi connectivity index (χ1v) is 13.5. The van der Waals surface area contributed by atoms with Crippen molar-refractivity contribution >= 4 is 23.9 Å². The Morgan fingerprint density at radius 1 is 0.929 bits per heavy atom. The molecule has 1 unspecified atom stereocenters. The Kier molecular flexibility index (Phi) is 10.7. The SMILES string of the molecule is CC(=O)OC[C@H]1OC(Oc2nn(C(C)C)c(C)c2Cc2ccc(C)cc2F)[C@H](OC(C)=O)[C@@H](OC(C)=O)[C@@H]1OC(C)=O. The first kappa shape index (κ1) is 32.5. The van der Waals surface area contributed by atoms with Gasteiger partial charge in [-0.05, 0) is 44.9 Å². The minimum absolute atomic E-state index is 0.0575.